The van der Waals surface area contributed by atoms with Crippen molar-refractivity contribution in [1.82, 2.24) is 0 Å². The molecule has 0 saturated heterocycles. The first-order valence-corrected chi connectivity index (χ1v) is 11.1. The summed E-state index contributed by atoms with van der Waals surface area (Å²) in [5.74, 6) is 0. The molecule has 31 heavy (non-hydrogen) atoms. The SMILES string of the molecule is C1=CC(C2(c3ccccc3)c3ccccc3-c3c(-c4ccccc4)cccc32)=CCC1. The van der Waals surface area contributed by atoms with Crippen LogP contribution in [0, 0.1) is 0 Å². The van der Waals surface area contributed by atoms with E-state index in [-0.39, 0.29) is 5.41 Å². The molecule has 2 aliphatic carbocycles. The average molecular weight is 397 g/mol. The van der Waals surface area contributed by atoms with Crippen molar-refractivity contribution in [3.05, 3.63) is 144 Å². The Balaban J connectivity index is 1.76. The third kappa shape index (κ3) is 2.61. The fraction of sp³-hybridized carbons (Fsp3) is 0.0968. The van der Waals surface area contributed by atoms with Gasteiger partial charge in [0.25, 0.3) is 0 Å². The Morgan fingerprint density at radius 1 is 0.548 bits per heavy atom. The predicted octanol–water partition coefficient (Wildman–Crippen LogP) is 7.94. The Hall–Kier alpha value is -3.64. The Labute approximate surface area is 184 Å². The second kappa shape index (κ2) is 7.25. The summed E-state index contributed by atoms with van der Waals surface area (Å²) in [7, 11) is 0. The van der Waals surface area contributed by atoms with Crippen LogP contribution in [0.3, 0.4) is 0 Å². The van der Waals surface area contributed by atoms with Gasteiger partial charge < -0.3 is 0 Å². The first-order valence-electron chi connectivity index (χ1n) is 11.1. The fourth-order valence-electron chi connectivity index (χ4n) is 5.55. The van der Waals surface area contributed by atoms with Crippen LogP contribution in [0.15, 0.2) is 127 Å². The van der Waals surface area contributed by atoms with Gasteiger partial charge in [-0.1, -0.05) is 121 Å². The van der Waals surface area contributed by atoms with Crippen molar-refractivity contribution in [3.8, 4) is 22.3 Å². The quantitative estimate of drug-likeness (QED) is 0.330. The lowest BCUT2D eigenvalue weighted by atomic mass is 9.66. The number of hydrogen-bond acceptors (Lipinski definition) is 0. The van der Waals surface area contributed by atoms with Gasteiger partial charge >= 0.3 is 0 Å². The largest absolute Gasteiger partial charge is 0.0839 e. The summed E-state index contributed by atoms with van der Waals surface area (Å²) in [4.78, 5) is 0. The lowest BCUT2D eigenvalue weighted by molar-refractivity contribution is 0.751. The van der Waals surface area contributed by atoms with E-state index in [1.807, 2.05) is 0 Å². The maximum absolute atomic E-state index is 2.45. The lowest BCUT2D eigenvalue weighted by Crippen LogP contribution is -2.29. The summed E-state index contributed by atoms with van der Waals surface area (Å²) < 4.78 is 0. The van der Waals surface area contributed by atoms with Crippen molar-refractivity contribution in [3.63, 3.8) is 0 Å². The maximum Gasteiger partial charge on any atom is 0.0710 e. The van der Waals surface area contributed by atoms with Crippen molar-refractivity contribution in [2.24, 2.45) is 0 Å². The van der Waals surface area contributed by atoms with E-state index in [1.54, 1.807) is 0 Å². The summed E-state index contributed by atoms with van der Waals surface area (Å²) in [5.41, 5.74) is 10.5. The van der Waals surface area contributed by atoms with Crippen LogP contribution in [0.4, 0.5) is 0 Å². The zero-order valence-electron chi connectivity index (χ0n) is 17.5. The summed E-state index contributed by atoms with van der Waals surface area (Å²) in [5, 5.41) is 0. The second-order valence-corrected chi connectivity index (χ2v) is 8.39. The molecule has 0 nitrogen and oxygen atoms in total. The molecule has 0 heterocycles. The molecule has 148 valence electrons. The second-order valence-electron chi connectivity index (χ2n) is 8.39. The minimum Gasteiger partial charge on any atom is -0.0839 e. The molecular formula is C31H24. The van der Waals surface area contributed by atoms with Gasteiger partial charge in [0.2, 0.25) is 0 Å². The lowest BCUT2D eigenvalue weighted by Gasteiger charge is -2.35. The van der Waals surface area contributed by atoms with Crippen LogP contribution in [0.1, 0.15) is 29.5 Å². The van der Waals surface area contributed by atoms with E-state index in [9.17, 15) is 0 Å². The van der Waals surface area contributed by atoms with Crippen molar-refractivity contribution in [2.75, 3.05) is 0 Å². The minimum atomic E-state index is -0.283. The molecule has 0 amide bonds. The summed E-state index contributed by atoms with van der Waals surface area (Å²) in [6, 6.07) is 37.7. The Morgan fingerprint density at radius 3 is 2.00 bits per heavy atom. The highest BCUT2D eigenvalue weighted by Crippen LogP contribution is 2.58. The van der Waals surface area contributed by atoms with Crippen molar-refractivity contribution >= 4 is 0 Å². The maximum atomic E-state index is 2.45. The predicted molar refractivity (Wildman–Crippen MR) is 130 cm³/mol. The summed E-state index contributed by atoms with van der Waals surface area (Å²) >= 11 is 0. The van der Waals surface area contributed by atoms with E-state index in [2.05, 4.69) is 121 Å². The molecular weight excluding hydrogens is 372 g/mol. The van der Waals surface area contributed by atoms with Gasteiger partial charge in [0, 0.05) is 0 Å². The van der Waals surface area contributed by atoms with Gasteiger partial charge in [-0.3, -0.25) is 0 Å². The monoisotopic (exact) mass is 396 g/mol. The molecule has 0 aliphatic heterocycles. The van der Waals surface area contributed by atoms with E-state index >= 15 is 0 Å². The first-order chi connectivity index (χ1) is 15.4. The van der Waals surface area contributed by atoms with Gasteiger partial charge in [0.15, 0.2) is 0 Å². The highest BCUT2D eigenvalue weighted by molar-refractivity contribution is 5.95. The Bertz CT molecular complexity index is 1310. The van der Waals surface area contributed by atoms with Crippen LogP contribution >= 0.6 is 0 Å². The molecule has 0 bridgehead atoms. The highest BCUT2D eigenvalue weighted by Gasteiger charge is 2.47. The minimum absolute atomic E-state index is 0.283. The third-order valence-corrected chi connectivity index (χ3v) is 6.79. The van der Waals surface area contributed by atoms with E-state index in [1.165, 1.54) is 44.5 Å². The molecule has 0 N–H and O–H groups in total. The van der Waals surface area contributed by atoms with Crippen LogP contribution in [-0.2, 0) is 5.41 Å². The van der Waals surface area contributed by atoms with Gasteiger partial charge in [0.1, 0.15) is 0 Å². The van der Waals surface area contributed by atoms with Gasteiger partial charge in [-0.25, -0.2) is 0 Å². The van der Waals surface area contributed by atoms with Crippen molar-refractivity contribution in [2.45, 2.75) is 18.3 Å². The molecule has 6 rings (SSSR count). The molecule has 0 heteroatoms. The molecule has 1 unspecified atom stereocenters. The third-order valence-electron chi connectivity index (χ3n) is 6.79. The number of allylic oxidation sites excluding steroid dienone is 4. The molecule has 0 fully saturated rings. The first kappa shape index (κ1) is 18.2. The average Bonchev–Trinajstić information content (AvgIpc) is 3.17. The Morgan fingerprint density at radius 2 is 1.23 bits per heavy atom. The molecule has 4 aromatic carbocycles. The van der Waals surface area contributed by atoms with E-state index in [4.69, 9.17) is 0 Å². The van der Waals surface area contributed by atoms with Gasteiger partial charge in [0.05, 0.1) is 5.41 Å². The zero-order valence-corrected chi connectivity index (χ0v) is 17.5. The molecule has 0 spiro atoms. The van der Waals surface area contributed by atoms with Crippen LogP contribution in [-0.4, -0.2) is 0 Å². The number of fused-ring (bicyclic) bond motifs is 3. The van der Waals surface area contributed by atoms with Crippen LogP contribution < -0.4 is 0 Å². The van der Waals surface area contributed by atoms with E-state index < -0.39 is 0 Å². The van der Waals surface area contributed by atoms with Crippen molar-refractivity contribution < 1.29 is 0 Å². The normalized spacial score (nSPS) is 18.9. The summed E-state index contributed by atoms with van der Waals surface area (Å²) in [6.07, 6.45) is 9.36. The van der Waals surface area contributed by atoms with Crippen LogP contribution in [0.5, 0.6) is 0 Å². The van der Waals surface area contributed by atoms with E-state index in [0.717, 1.165) is 12.8 Å². The number of hydrogen-bond donors (Lipinski definition) is 0. The topological polar surface area (TPSA) is 0 Å². The zero-order chi connectivity index (χ0) is 20.7. The highest BCUT2D eigenvalue weighted by atomic mass is 14.5. The molecule has 0 saturated carbocycles. The molecule has 0 aromatic heterocycles. The molecule has 0 radical (unpaired) electrons. The van der Waals surface area contributed by atoms with Crippen LogP contribution in [0.2, 0.25) is 0 Å². The molecule has 2 aliphatic rings. The van der Waals surface area contributed by atoms with Crippen LogP contribution in [0.25, 0.3) is 22.3 Å². The fourth-order valence-corrected chi connectivity index (χ4v) is 5.55. The van der Waals surface area contributed by atoms with Gasteiger partial charge in [-0.05, 0) is 57.4 Å². The standard InChI is InChI=1S/C31H24/c1-4-13-23(14-5-1)26-20-12-22-29-30(26)27-19-10-11-21-28(27)31(29,24-15-6-2-7-16-24)25-17-8-3-9-18-25/h1-2,4-8,10-22H,3,9H2. The van der Waals surface area contributed by atoms with E-state index in [0.29, 0.717) is 0 Å². The molecule has 1 atom stereocenters. The number of rotatable bonds is 3. The van der Waals surface area contributed by atoms with Crippen molar-refractivity contribution in [1.29, 1.82) is 0 Å². The Kier molecular flexibility index (Phi) is 4.25. The molecule has 4 aromatic rings. The smallest absolute Gasteiger partial charge is 0.0710 e. The number of benzene rings is 4. The van der Waals surface area contributed by atoms with Gasteiger partial charge in [-0.2, -0.15) is 0 Å². The van der Waals surface area contributed by atoms with Gasteiger partial charge in [-0.15, -0.1) is 0 Å². The summed E-state index contributed by atoms with van der Waals surface area (Å²) in [6.45, 7) is 0.